The molecule has 1 atom stereocenters. The molecule has 0 spiro atoms. The molecule has 4 rings (SSSR count). The normalized spacial score (nSPS) is 15.6. The maximum atomic E-state index is 12.7. The van der Waals surface area contributed by atoms with Crippen LogP contribution in [0.4, 0.5) is 5.95 Å². The number of piperazine rings is 1. The van der Waals surface area contributed by atoms with Crippen LogP contribution in [0.2, 0.25) is 0 Å². The van der Waals surface area contributed by atoms with Gasteiger partial charge < -0.3 is 14.5 Å². The number of hydrogen-bond donors (Lipinski definition) is 1. The van der Waals surface area contributed by atoms with E-state index in [1.165, 1.54) is 0 Å². The lowest BCUT2D eigenvalue weighted by atomic mass is 9.89. The number of ether oxygens (including phenoxy) is 1. The summed E-state index contributed by atoms with van der Waals surface area (Å²) in [5.41, 5.74) is 2.20. The molecule has 0 aliphatic carbocycles. The van der Waals surface area contributed by atoms with E-state index in [1.807, 2.05) is 24.2 Å². The van der Waals surface area contributed by atoms with Crippen molar-refractivity contribution in [1.82, 2.24) is 34.8 Å². The van der Waals surface area contributed by atoms with Crippen molar-refractivity contribution in [3.63, 3.8) is 0 Å². The van der Waals surface area contributed by atoms with Gasteiger partial charge in [0, 0.05) is 38.6 Å². The summed E-state index contributed by atoms with van der Waals surface area (Å²) >= 11 is 0. The molecule has 1 fully saturated rings. The van der Waals surface area contributed by atoms with E-state index in [1.54, 1.807) is 17.8 Å². The molecular weight excluding hydrogens is 448 g/mol. The lowest BCUT2D eigenvalue weighted by molar-refractivity contribution is -0.132. The summed E-state index contributed by atoms with van der Waals surface area (Å²) in [5, 5.41) is 11.3. The van der Waals surface area contributed by atoms with Crippen molar-refractivity contribution < 1.29 is 9.53 Å². The van der Waals surface area contributed by atoms with Crippen LogP contribution in [0.3, 0.4) is 0 Å². The first kappa shape index (κ1) is 24.8. The van der Waals surface area contributed by atoms with Gasteiger partial charge in [-0.25, -0.2) is 15.1 Å². The first-order valence-electron chi connectivity index (χ1n) is 12.0. The average Bonchev–Trinajstić information content (AvgIpc) is 3.19. The highest BCUT2D eigenvalue weighted by atomic mass is 16.5. The number of H-pyrrole nitrogens is 1. The lowest BCUT2D eigenvalue weighted by Crippen LogP contribution is -2.49. The minimum absolute atomic E-state index is 0.0189. The zero-order valence-electron chi connectivity index (χ0n) is 21.1. The summed E-state index contributed by atoms with van der Waals surface area (Å²) in [7, 11) is 0. The Kier molecular flexibility index (Phi) is 7.15. The number of amides is 1. The van der Waals surface area contributed by atoms with Crippen LogP contribution in [-0.2, 0) is 14.9 Å². The van der Waals surface area contributed by atoms with E-state index >= 15 is 0 Å². The number of nitrogens with one attached hydrogen (secondary N) is 1. The zero-order valence-corrected chi connectivity index (χ0v) is 21.1. The summed E-state index contributed by atoms with van der Waals surface area (Å²) in [4.78, 5) is 37.7. The molecule has 1 aliphatic heterocycles. The number of carbonyl (C=O) groups excluding carboxylic acids is 1. The first-order chi connectivity index (χ1) is 16.6. The minimum atomic E-state index is -0.251. The largest absolute Gasteiger partial charge is 0.379 e. The zero-order chi connectivity index (χ0) is 25.2. The van der Waals surface area contributed by atoms with Crippen LogP contribution in [0, 0.1) is 6.92 Å². The highest BCUT2D eigenvalue weighted by Gasteiger charge is 2.23. The van der Waals surface area contributed by atoms with Gasteiger partial charge in [-0.15, -0.1) is 0 Å². The van der Waals surface area contributed by atoms with Gasteiger partial charge in [-0.05, 0) is 24.8 Å². The van der Waals surface area contributed by atoms with Gasteiger partial charge in [0.1, 0.15) is 0 Å². The molecule has 35 heavy (non-hydrogen) atoms. The Morgan fingerprint density at radius 3 is 2.49 bits per heavy atom. The Balaban J connectivity index is 1.22. The fourth-order valence-electron chi connectivity index (χ4n) is 4.18. The third kappa shape index (κ3) is 5.50. The van der Waals surface area contributed by atoms with Crippen LogP contribution in [0.5, 0.6) is 0 Å². The number of carbonyl (C=O) groups is 1. The molecule has 1 amide bonds. The Labute approximate surface area is 204 Å². The molecule has 1 saturated heterocycles. The number of aromatic amines is 1. The van der Waals surface area contributed by atoms with E-state index in [2.05, 4.69) is 50.9 Å². The molecule has 1 aliphatic rings. The van der Waals surface area contributed by atoms with Crippen molar-refractivity contribution in [1.29, 1.82) is 0 Å². The monoisotopic (exact) mass is 482 g/mol. The van der Waals surface area contributed by atoms with Gasteiger partial charge in [-0.1, -0.05) is 20.8 Å². The van der Waals surface area contributed by atoms with E-state index in [9.17, 15) is 9.59 Å². The smallest absolute Gasteiger partial charge is 0.275 e. The van der Waals surface area contributed by atoms with Crippen molar-refractivity contribution >= 4 is 22.8 Å². The van der Waals surface area contributed by atoms with Gasteiger partial charge in [0.05, 0.1) is 48.5 Å². The number of nitrogens with zero attached hydrogens (tertiary/aromatic N) is 7. The third-order valence-corrected chi connectivity index (χ3v) is 6.36. The quantitative estimate of drug-likeness (QED) is 0.506. The maximum Gasteiger partial charge on any atom is 0.275 e. The average molecular weight is 483 g/mol. The molecule has 1 N–H and O–H groups in total. The molecule has 188 valence electrons. The van der Waals surface area contributed by atoms with E-state index in [0.717, 1.165) is 5.56 Å². The number of aryl methyl sites for hydroxylation is 1. The Morgan fingerprint density at radius 2 is 1.83 bits per heavy atom. The highest BCUT2D eigenvalue weighted by molar-refractivity contribution is 5.79. The van der Waals surface area contributed by atoms with Gasteiger partial charge >= 0.3 is 0 Å². The van der Waals surface area contributed by atoms with Crippen LogP contribution < -0.4 is 10.5 Å². The van der Waals surface area contributed by atoms with Crippen LogP contribution >= 0.6 is 0 Å². The highest BCUT2D eigenvalue weighted by Crippen LogP contribution is 2.22. The van der Waals surface area contributed by atoms with Crippen LogP contribution in [0.25, 0.3) is 10.9 Å². The van der Waals surface area contributed by atoms with Crippen LogP contribution in [0.1, 0.15) is 51.4 Å². The van der Waals surface area contributed by atoms with Crippen molar-refractivity contribution in [2.75, 3.05) is 44.3 Å². The molecule has 3 aromatic heterocycles. The van der Waals surface area contributed by atoms with Crippen LogP contribution in [-0.4, -0.2) is 80.1 Å². The van der Waals surface area contributed by atoms with Crippen molar-refractivity contribution in [2.24, 2.45) is 0 Å². The predicted molar refractivity (Wildman–Crippen MR) is 133 cm³/mol. The third-order valence-electron chi connectivity index (χ3n) is 6.36. The maximum absolute atomic E-state index is 12.7. The van der Waals surface area contributed by atoms with E-state index < -0.39 is 0 Å². The van der Waals surface area contributed by atoms with E-state index in [0.29, 0.717) is 68.4 Å². The van der Waals surface area contributed by atoms with Gasteiger partial charge in [-0.3, -0.25) is 14.3 Å². The van der Waals surface area contributed by atoms with Crippen molar-refractivity contribution in [3.8, 4) is 0 Å². The lowest BCUT2D eigenvalue weighted by Gasteiger charge is -2.35. The van der Waals surface area contributed by atoms with Crippen molar-refractivity contribution in [3.05, 3.63) is 40.2 Å². The Morgan fingerprint density at radius 1 is 1.14 bits per heavy atom. The second kappa shape index (κ2) is 10.1. The fraction of sp³-hybridized carbons (Fsp3) is 0.583. The molecule has 3 aromatic rings. The molecule has 11 nitrogen and oxygen atoms in total. The standard InChI is InChI=1S/C24H34N8O3/c1-16(32-19-14-27-28-22(34)21(19)17(2)29-32)15-35-11-6-20(33)30-7-9-31(10-8-30)23-25-12-18(13-26-23)24(3,4)5/h12-14,16H,6-11,15H2,1-5H3,(H,28,34). The van der Waals surface area contributed by atoms with Gasteiger partial charge in [-0.2, -0.15) is 10.2 Å². The second-order valence-corrected chi connectivity index (χ2v) is 10.1. The number of hydrogen-bond acceptors (Lipinski definition) is 8. The molecule has 0 saturated carbocycles. The molecular formula is C24H34N8O3. The molecule has 0 bridgehead atoms. The summed E-state index contributed by atoms with van der Waals surface area (Å²) in [6.45, 7) is 13.6. The molecule has 0 radical (unpaired) electrons. The number of rotatable bonds is 7. The first-order valence-corrected chi connectivity index (χ1v) is 12.0. The molecule has 4 heterocycles. The minimum Gasteiger partial charge on any atom is -0.379 e. The second-order valence-electron chi connectivity index (χ2n) is 10.1. The molecule has 0 aromatic carbocycles. The number of aromatic nitrogens is 6. The van der Waals surface area contributed by atoms with Crippen LogP contribution in [0.15, 0.2) is 23.4 Å². The SMILES string of the molecule is Cc1nn(C(C)COCCC(=O)N2CCN(c3ncc(C(C)(C)C)cn3)CC2)c2cn[nH]c(=O)c12. The Hall–Kier alpha value is -3.34. The van der Waals surface area contributed by atoms with E-state index in [4.69, 9.17) is 4.74 Å². The van der Waals surface area contributed by atoms with E-state index in [-0.39, 0.29) is 22.9 Å². The van der Waals surface area contributed by atoms with Crippen molar-refractivity contribution in [2.45, 2.75) is 52.5 Å². The fourth-order valence-corrected chi connectivity index (χ4v) is 4.18. The van der Waals surface area contributed by atoms with Gasteiger partial charge in [0.2, 0.25) is 11.9 Å². The summed E-state index contributed by atoms with van der Waals surface area (Å²) in [6, 6.07) is -0.0990. The summed E-state index contributed by atoms with van der Waals surface area (Å²) < 4.78 is 7.54. The topological polar surface area (TPSA) is 122 Å². The predicted octanol–water partition coefficient (Wildman–Crippen LogP) is 1.83. The molecule has 1 unspecified atom stereocenters. The Bertz CT molecular complexity index is 1220. The number of anilines is 1. The van der Waals surface area contributed by atoms with Gasteiger partial charge in [0.25, 0.3) is 5.56 Å². The summed E-state index contributed by atoms with van der Waals surface area (Å²) in [6.07, 6.45) is 5.70. The number of fused-ring (bicyclic) bond motifs is 1. The molecule has 11 heteroatoms. The summed E-state index contributed by atoms with van der Waals surface area (Å²) in [5.74, 6) is 0.790. The van der Waals surface area contributed by atoms with Gasteiger partial charge in [0.15, 0.2) is 0 Å².